The van der Waals surface area contributed by atoms with Gasteiger partial charge in [0.1, 0.15) is 12.4 Å². The molecule has 2 fully saturated rings. The first-order chi connectivity index (χ1) is 21.0. The molecule has 2 atom stereocenters. The number of benzene rings is 1. The number of β-amino-alcohol motifs (C(OH)–C–C–N with tert-alkyl or cyclic N) is 1. The highest BCUT2D eigenvalue weighted by molar-refractivity contribution is 6.31. The highest BCUT2D eigenvalue weighted by atomic mass is 35.5. The van der Waals surface area contributed by atoms with Gasteiger partial charge in [0.2, 0.25) is 5.91 Å². The molecule has 0 aliphatic carbocycles. The zero-order valence-corrected chi connectivity index (χ0v) is 25.2. The van der Waals surface area contributed by atoms with Crippen LogP contribution in [0.25, 0.3) is 0 Å². The van der Waals surface area contributed by atoms with Gasteiger partial charge in [0, 0.05) is 31.2 Å². The molecule has 3 aliphatic heterocycles. The van der Waals surface area contributed by atoms with Gasteiger partial charge >= 0.3 is 12.2 Å². The van der Waals surface area contributed by atoms with E-state index in [0.29, 0.717) is 36.6 Å². The SMILES string of the molecule is C=CC(=O)N1CCN(c2nc(OC[C@@H]3CCCN3CC)nc3c2CCN(c2cccc(Cl)c2C(F)(F)F)C3)C[C@@]1(O)CC#N. The van der Waals surface area contributed by atoms with Gasteiger partial charge in [-0.3, -0.25) is 9.69 Å². The number of amides is 1. The summed E-state index contributed by atoms with van der Waals surface area (Å²) in [5, 5.41) is 20.5. The monoisotopic (exact) mass is 633 g/mol. The van der Waals surface area contributed by atoms with Crippen LogP contribution in [-0.4, -0.2) is 88.4 Å². The molecule has 0 bridgehead atoms. The normalized spacial score (nSPS) is 22.5. The van der Waals surface area contributed by atoms with E-state index in [1.54, 1.807) is 9.80 Å². The van der Waals surface area contributed by atoms with E-state index in [-0.39, 0.29) is 55.4 Å². The van der Waals surface area contributed by atoms with E-state index in [9.17, 15) is 28.3 Å². The predicted octanol–water partition coefficient (Wildman–Crippen LogP) is 4.01. The van der Waals surface area contributed by atoms with Crippen LogP contribution in [0.15, 0.2) is 30.9 Å². The summed E-state index contributed by atoms with van der Waals surface area (Å²) in [6, 6.07) is 6.35. The number of halogens is 4. The third kappa shape index (κ3) is 6.29. The zero-order chi connectivity index (χ0) is 31.6. The third-order valence-electron chi connectivity index (χ3n) is 8.59. The van der Waals surface area contributed by atoms with Crippen molar-refractivity contribution in [2.45, 2.75) is 57.1 Å². The lowest BCUT2D eigenvalue weighted by atomic mass is 10.00. The molecule has 236 valence electrons. The Morgan fingerprint density at radius 3 is 2.77 bits per heavy atom. The van der Waals surface area contributed by atoms with Crippen LogP contribution in [0.3, 0.4) is 0 Å². The standard InChI is InChI=1S/C30H35ClF3N7O3/c1-3-25(42)41-16-15-40(19-29(41,43)11-12-35)27-21-10-14-39(24-9-5-8-22(31)26(24)30(32,33)34)17-23(21)36-28(37-27)44-18-20-7-6-13-38(20)4-2/h3,5,8-9,20,43H,1,4,6-7,10-11,13-19H2,2H3/t20-,29-/m0/s1. The van der Waals surface area contributed by atoms with Gasteiger partial charge in [-0.2, -0.15) is 28.4 Å². The van der Waals surface area contributed by atoms with Crippen molar-refractivity contribution in [2.24, 2.45) is 0 Å². The Kier molecular flexibility index (Phi) is 9.25. The van der Waals surface area contributed by atoms with Crippen LogP contribution in [0.1, 0.15) is 43.0 Å². The minimum atomic E-state index is -4.65. The fraction of sp³-hybridized carbons (Fsp3) is 0.533. The number of fused-ring (bicyclic) bond motifs is 1. The first-order valence-corrected chi connectivity index (χ1v) is 15.0. The smallest absolute Gasteiger partial charge is 0.419 e. The maximum Gasteiger partial charge on any atom is 0.419 e. The Hall–Kier alpha value is -3.60. The molecule has 1 aromatic heterocycles. The summed E-state index contributed by atoms with van der Waals surface area (Å²) >= 11 is 6.03. The quantitative estimate of drug-likeness (QED) is 0.431. The molecule has 2 aromatic rings. The van der Waals surface area contributed by atoms with Gasteiger partial charge in [-0.1, -0.05) is 31.2 Å². The highest BCUT2D eigenvalue weighted by Gasteiger charge is 2.44. The van der Waals surface area contributed by atoms with E-state index >= 15 is 0 Å². The van der Waals surface area contributed by atoms with E-state index in [0.717, 1.165) is 32.0 Å². The lowest BCUT2D eigenvalue weighted by Gasteiger charge is -2.47. The molecule has 10 nitrogen and oxygen atoms in total. The second kappa shape index (κ2) is 12.8. The molecule has 44 heavy (non-hydrogen) atoms. The number of hydrogen-bond acceptors (Lipinski definition) is 9. The molecule has 14 heteroatoms. The zero-order valence-electron chi connectivity index (χ0n) is 24.5. The van der Waals surface area contributed by atoms with Gasteiger partial charge in [-0.25, -0.2) is 0 Å². The summed E-state index contributed by atoms with van der Waals surface area (Å²) < 4.78 is 48.3. The minimum Gasteiger partial charge on any atom is -0.462 e. The second-order valence-electron chi connectivity index (χ2n) is 11.2. The van der Waals surface area contributed by atoms with E-state index in [2.05, 4.69) is 23.4 Å². The third-order valence-corrected chi connectivity index (χ3v) is 8.91. The van der Waals surface area contributed by atoms with Crippen LogP contribution in [0.4, 0.5) is 24.7 Å². The number of aliphatic hydroxyl groups is 1. The highest BCUT2D eigenvalue weighted by Crippen LogP contribution is 2.43. The average Bonchev–Trinajstić information content (AvgIpc) is 3.45. The number of aromatic nitrogens is 2. The van der Waals surface area contributed by atoms with Crippen molar-refractivity contribution in [3.8, 4) is 12.1 Å². The van der Waals surface area contributed by atoms with Crippen LogP contribution < -0.4 is 14.5 Å². The summed E-state index contributed by atoms with van der Waals surface area (Å²) in [6.45, 7) is 8.37. The van der Waals surface area contributed by atoms with Crippen molar-refractivity contribution >= 4 is 29.0 Å². The molecule has 5 rings (SSSR count). The molecule has 1 aromatic carbocycles. The number of carbonyl (C=O) groups excluding carboxylic acids is 1. The van der Waals surface area contributed by atoms with E-state index in [4.69, 9.17) is 21.3 Å². The van der Waals surface area contributed by atoms with Crippen molar-refractivity contribution in [1.29, 1.82) is 5.26 Å². The summed E-state index contributed by atoms with van der Waals surface area (Å²) in [6.07, 6.45) is -1.56. The number of nitriles is 1. The molecular weight excluding hydrogens is 599 g/mol. The number of anilines is 2. The summed E-state index contributed by atoms with van der Waals surface area (Å²) in [4.78, 5) is 28.9. The Bertz CT molecular complexity index is 1450. The van der Waals surface area contributed by atoms with Crippen LogP contribution in [-0.2, 0) is 23.9 Å². The maximum atomic E-state index is 14.0. The predicted molar refractivity (Wildman–Crippen MR) is 158 cm³/mol. The second-order valence-corrected chi connectivity index (χ2v) is 11.6. The molecule has 1 N–H and O–H groups in total. The Labute approximate surface area is 259 Å². The van der Waals surface area contributed by atoms with Gasteiger partial charge in [-0.15, -0.1) is 0 Å². The first kappa shape index (κ1) is 31.8. The van der Waals surface area contributed by atoms with E-state index in [1.807, 2.05) is 6.07 Å². The number of ether oxygens (including phenoxy) is 1. The summed E-state index contributed by atoms with van der Waals surface area (Å²) in [5.74, 6) is -0.0292. The lowest BCUT2D eigenvalue weighted by molar-refractivity contribution is -0.155. The van der Waals surface area contributed by atoms with E-state index in [1.165, 1.54) is 23.1 Å². The van der Waals surface area contributed by atoms with Crippen LogP contribution >= 0.6 is 11.6 Å². The molecule has 2 saturated heterocycles. The van der Waals surface area contributed by atoms with Crippen molar-refractivity contribution < 1.29 is 27.8 Å². The molecule has 0 spiro atoms. The van der Waals surface area contributed by atoms with Crippen LogP contribution in [0.2, 0.25) is 5.02 Å². The number of nitrogens with zero attached hydrogens (tertiary/aromatic N) is 7. The Morgan fingerprint density at radius 2 is 2.07 bits per heavy atom. The fourth-order valence-corrected chi connectivity index (χ4v) is 6.71. The van der Waals surface area contributed by atoms with Crippen molar-refractivity contribution in [2.75, 3.05) is 55.7 Å². The molecular formula is C30H35ClF3N7O3. The van der Waals surface area contributed by atoms with E-state index < -0.39 is 23.4 Å². The molecule has 0 saturated carbocycles. The van der Waals surface area contributed by atoms with Gasteiger partial charge in [0.05, 0.1) is 47.5 Å². The number of hydrogen-bond donors (Lipinski definition) is 1. The molecule has 3 aliphatic rings. The number of alkyl halides is 3. The molecule has 0 unspecified atom stereocenters. The molecule has 0 radical (unpaired) electrons. The minimum absolute atomic E-state index is 0.0391. The van der Waals surface area contributed by atoms with Gasteiger partial charge in [-0.05, 0) is 50.6 Å². The first-order valence-electron chi connectivity index (χ1n) is 14.6. The Morgan fingerprint density at radius 1 is 1.27 bits per heavy atom. The van der Waals surface area contributed by atoms with Crippen LogP contribution in [0, 0.1) is 11.3 Å². The topological polar surface area (TPSA) is 109 Å². The number of piperazine rings is 1. The number of likely N-dealkylation sites (tertiary alicyclic amines) is 1. The number of carbonyl (C=O) groups is 1. The van der Waals surface area contributed by atoms with Crippen molar-refractivity contribution in [3.05, 3.63) is 52.7 Å². The van der Waals surface area contributed by atoms with Gasteiger partial charge in [0.25, 0.3) is 0 Å². The Balaban J connectivity index is 1.51. The summed E-state index contributed by atoms with van der Waals surface area (Å²) in [5.41, 5.74) is -1.53. The fourth-order valence-electron chi connectivity index (χ4n) is 6.43. The number of likely N-dealkylation sites (N-methyl/N-ethyl adjacent to an activating group) is 1. The number of rotatable bonds is 8. The summed E-state index contributed by atoms with van der Waals surface area (Å²) in [7, 11) is 0. The van der Waals surface area contributed by atoms with Crippen LogP contribution in [0.5, 0.6) is 6.01 Å². The molecule has 4 heterocycles. The van der Waals surface area contributed by atoms with Gasteiger partial charge in [0.15, 0.2) is 5.72 Å². The largest absolute Gasteiger partial charge is 0.462 e. The molecule has 1 amide bonds. The van der Waals surface area contributed by atoms with Crippen molar-refractivity contribution in [1.82, 2.24) is 19.8 Å². The van der Waals surface area contributed by atoms with Crippen molar-refractivity contribution in [3.63, 3.8) is 0 Å². The average molecular weight is 634 g/mol. The van der Waals surface area contributed by atoms with Gasteiger partial charge < -0.3 is 24.5 Å². The maximum absolute atomic E-state index is 14.0. The lowest BCUT2D eigenvalue weighted by Crippen LogP contribution is -2.64.